The first-order valence-electron chi connectivity index (χ1n) is 10.1. The smallest absolute Gasteiger partial charge is 0.0697 e. The summed E-state index contributed by atoms with van der Waals surface area (Å²) in [5.74, 6) is -1.08. The number of carbonyl (C=O) groups excluding carboxylic acids is 1. The van der Waals surface area contributed by atoms with E-state index in [1.165, 1.54) is 63.4 Å². The average Bonchev–Trinajstić information content (AvgIpc) is 2.55. The van der Waals surface area contributed by atoms with Crippen molar-refractivity contribution >= 4 is 13.2 Å². The average molecular weight is 345 g/mol. The van der Waals surface area contributed by atoms with Crippen LogP contribution in [0.3, 0.4) is 0 Å². The van der Waals surface area contributed by atoms with Crippen LogP contribution in [0.4, 0.5) is 0 Å². The summed E-state index contributed by atoms with van der Waals surface area (Å²) < 4.78 is 0. The molecule has 0 aromatic heterocycles. The fourth-order valence-electron chi connectivity index (χ4n) is 3.93. The molecular formula is C20H41O2P. The Morgan fingerprint density at radius 3 is 1.52 bits per heavy atom. The standard InChI is InChI=1S/C18H38P.C2H4O2/c1-4-7-15-19(16-8-5-2,17-9-6-3)18-13-11-10-12-14-18;1-2(3)4/h18H,4-17H2,1-3H3;1H3,(H,3,4)/q+1;/p-1. The summed E-state index contributed by atoms with van der Waals surface area (Å²) in [4.78, 5) is 8.89. The SMILES string of the molecule is CC(=O)[O-].CCCC[P+](CCCC)(CCCC)C1CCCCC1. The van der Waals surface area contributed by atoms with Crippen molar-refractivity contribution in [2.45, 2.75) is 104 Å². The summed E-state index contributed by atoms with van der Waals surface area (Å²) in [5, 5.41) is 8.89. The second-order valence-corrected chi connectivity index (χ2v) is 11.7. The Kier molecular flexibility index (Phi) is 14.2. The van der Waals surface area contributed by atoms with Gasteiger partial charge in [0.2, 0.25) is 0 Å². The van der Waals surface area contributed by atoms with Crippen LogP contribution in [0, 0.1) is 0 Å². The second-order valence-electron chi connectivity index (χ2n) is 7.23. The summed E-state index contributed by atoms with van der Waals surface area (Å²) in [6, 6.07) is 0. The zero-order chi connectivity index (χ0) is 17.6. The van der Waals surface area contributed by atoms with E-state index in [1.807, 2.05) is 0 Å². The van der Waals surface area contributed by atoms with Crippen LogP contribution in [0.1, 0.15) is 98.3 Å². The number of carboxylic acids is 1. The zero-order valence-corrected chi connectivity index (χ0v) is 17.1. The Bertz CT molecular complexity index is 260. The molecule has 0 spiro atoms. The number of carboxylic acid groups (broad SMARTS) is 1. The molecule has 0 heterocycles. The van der Waals surface area contributed by atoms with E-state index >= 15 is 0 Å². The molecule has 0 unspecified atom stereocenters. The topological polar surface area (TPSA) is 40.1 Å². The number of hydrogen-bond acceptors (Lipinski definition) is 2. The number of carbonyl (C=O) groups is 1. The Morgan fingerprint density at radius 2 is 1.22 bits per heavy atom. The van der Waals surface area contributed by atoms with E-state index in [9.17, 15) is 0 Å². The van der Waals surface area contributed by atoms with Crippen LogP contribution in [-0.4, -0.2) is 30.1 Å². The highest BCUT2D eigenvalue weighted by Gasteiger charge is 2.43. The molecule has 23 heavy (non-hydrogen) atoms. The van der Waals surface area contributed by atoms with Crippen LogP contribution in [0.15, 0.2) is 0 Å². The van der Waals surface area contributed by atoms with Crippen LogP contribution in [0.5, 0.6) is 0 Å². The lowest BCUT2D eigenvalue weighted by Gasteiger charge is -2.37. The third-order valence-electron chi connectivity index (χ3n) is 5.22. The van der Waals surface area contributed by atoms with Gasteiger partial charge in [0, 0.05) is 13.2 Å². The van der Waals surface area contributed by atoms with Gasteiger partial charge in [0.1, 0.15) is 0 Å². The maximum Gasteiger partial charge on any atom is 0.0697 e. The van der Waals surface area contributed by atoms with Gasteiger partial charge in [0.05, 0.1) is 24.1 Å². The van der Waals surface area contributed by atoms with Gasteiger partial charge in [-0.3, -0.25) is 0 Å². The lowest BCUT2D eigenvalue weighted by molar-refractivity contribution is -0.302. The molecule has 1 saturated carbocycles. The summed E-state index contributed by atoms with van der Waals surface area (Å²) in [6.45, 7) is 8.12. The Labute approximate surface area is 146 Å². The molecule has 0 bridgehead atoms. The van der Waals surface area contributed by atoms with E-state index in [-0.39, 0.29) is 0 Å². The predicted molar refractivity (Wildman–Crippen MR) is 104 cm³/mol. The van der Waals surface area contributed by atoms with Crippen molar-refractivity contribution < 1.29 is 9.90 Å². The monoisotopic (exact) mass is 344 g/mol. The molecule has 0 saturated heterocycles. The minimum absolute atomic E-state index is 0.621. The van der Waals surface area contributed by atoms with Gasteiger partial charge < -0.3 is 9.90 Å². The molecule has 3 heteroatoms. The zero-order valence-electron chi connectivity index (χ0n) is 16.2. The molecule has 0 N–H and O–H groups in total. The van der Waals surface area contributed by atoms with Gasteiger partial charge in [0.15, 0.2) is 0 Å². The molecule has 0 aromatic rings. The molecule has 0 aromatic carbocycles. The van der Waals surface area contributed by atoms with Gasteiger partial charge in [-0.1, -0.05) is 46.5 Å². The van der Waals surface area contributed by atoms with E-state index in [1.54, 1.807) is 31.3 Å². The van der Waals surface area contributed by atoms with E-state index in [0.717, 1.165) is 6.92 Å². The van der Waals surface area contributed by atoms with Crippen molar-refractivity contribution in [2.75, 3.05) is 18.5 Å². The predicted octanol–water partition coefficient (Wildman–Crippen LogP) is 5.49. The lowest BCUT2D eigenvalue weighted by atomic mass is 10.0. The van der Waals surface area contributed by atoms with Gasteiger partial charge in [-0.2, -0.15) is 0 Å². The highest BCUT2D eigenvalue weighted by atomic mass is 31.2. The van der Waals surface area contributed by atoms with Gasteiger partial charge in [-0.15, -0.1) is 0 Å². The van der Waals surface area contributed by atoms with Crippen LogP contribution < -0.4 is 5.11 Å². The number of hydrogen-bond donors (Lipinski definition) is 0. The highest BCUT2D eigenvalue weighted by molar-refractivity contribution is 7.76. The second kappa shape index (κ2) is 14.3. The molecule has 1 aliphatic rings. The fraction of sp³-hybridized carbons (Fsp3) is 0.950. The molecule has 0 amide bonds. The minimum Gasteiger partial charge on any atom is -0.550 e. The number of aliphatic carboxylic acids is 1. The largest absolute Gasteiger partial charge is 0.550 e. The van der Waals surface area contributed by atoms with Gasteiger partial charge >= 0.3 is 0 Å². The fourth-order valence-corrected chi connectivity index (χ4v) is 10.00. The minimum atomic E-state index is -1.08. The van der Waals surface area contributed by atoms with Crippen molar-refractivity contribution in [1.82, 2.24) is 0 Å². The Balaban J connectivity index is 0.00000108. The van der Waals surface area contributed by atoms with Gasteiger partial charge in [0.25, 0.3) is 0 Å². The summed E-state index contributed by atoms with van der Waals surface area (Å²) in [5.41, 5.74) is 1.17. The summed E-state index contributed by atoms with van der Waals surface area (Å²) in [7, 11) is -0.621. The van der Waals surface area contributed by atoms with Crippen LogP contribution in [-0.2, 0) is 4.79 Å². The third kappa shape index (κ3) is 10.4. The van der Waals surface area contributed by atoms with Crippen molar-refractivity contribution in [3.05, 3.63) is 0 Å². The highest BCUT2D eigenvalue weighted by Crippen LogP contribution is 2.67. The van der Waals surface area contributed by atoms with E-state index in [2.05, 4.69) is 20.8 Å². The van der Waals surface area contributed by atoms with Crippen LogP contribution in [0.25, 0.3) is 0 Å². The number of unbranched alkanes of at least 4 members (excludes halogenated alkanes) is 3. The quantitative estimate of drug-likeness (QED) is 0.491. The van der Waals surface area contributed by atoms with Crippen LogP contribution >= 0.6 is 7.26 Å². The van der Waals surface area contributed by atoms with Crippen molar-refractivity contribution in [1.29, 1.82) is 0 Å². The molecule has 0 aliphatic heterocycles. The maximum atomic E-state index is 8.89. The Hall–Kier alpha value is -0.100. The lowest BCUT2D eigenvalue weighted by Crippen LogP contribution is -2.24. The molecule has 2 nitrogen and oxygen atoms in total. The molecule has 1 aliphatic carbocycles. The molecule has 0 atom stereocenters. The van der Waals surface area contributed by atoms with E-state index in [4.69, 9.17) is 9.90 Å². The van der Waals surface area contributed by atoms with Crippen molar-refractivity contribution in [3.8, 4) is 0 Å². The van der Waals surface area contributed by atoms with Gasteiger partial charge in [-0.05, 0) is 51.9 Å². The Morgan fingerprint density at radius 1 is 0.870 bits per heavy atom. The first-order valence-corrected chi connectivity index (χ1v) is 12.5. The maximum absolute atomic E-state index is 8.89. The molecule has 138 valence electrons. The van der Waals surface area contributed by atoms with E-state index < -0.39 is 13.2 Å². The first-order chi connectivity index (χ1) is 11.0. The summed E-state index contributed by atoms with van der Waals surface area (Å²) in [6.07, 6.45) is 21.4. The first kappa shape index (κ1) is 22.9. The summed E-state index contributed by atoms with van der Waals surface area (Å²) >= 11 is 0. The van der Waals surface area contributed by atoms with E-state index in [0.29, 0.717) is 0 Å². The van der Waals surface area contributed by atoms with Crippen LogP contribution in [0.2, 0.25) is 0 Å². The van der Waals surface area contributed by atoms with Crippen molar-refractivity contribution in [2.24, 2.45) is 0 Å². The molecule has 1 fully saturated rings. The molecule has 0 radical (unpaired) electrons. The van der Waals surface area contributed by atoms with Crippen molar-refractivity contribution in [3.63, 3.8) is 0 Å². The molecule has 1 rings (SSSR count). The third-order valence-corrected chi connectivity index (χ3v) is 10.9. The number of rotatable bonds is 10. The molecular weight excluding hydrogens is 303 g/mol. The van der Waals surface area contributed by atoms with Gasteiger partial charge in [-0.25, -0.2) is 0 Å². The normalized spacial score (nSPS) is 15.8.